The van der Waals surface area contributed by atoms with E-state index in [1.165, 1.54) is 5.56 Å². The number of aliphatic hydroxyl groups is 1. The predicted octanol–water partition coefficient (Wildman–Crippen LogP) is 1.96. The number of aliphatic hydroxyl groups excluding tert-OH is 1. The standard InChI is InChI=1S/C12H18N2O/c1-9-5-6-13-12(7-9)14-8-10-3-2-4-11(10)15/h5-7,10-11,15H,2-4,8H2,1H3,(H,13,14). The van der Waals surface area contributed by atoms with Gasteiger partial charge in [-0.05, 0) is 37.5 Å². The van der Waals surface area contributed by atoms with Crippen LogP contribution in [-0.2, 0) is 0 Å². The second-order valence-electron chi connectivity index (χ2n) is 4.36. The summed E-state index contributed by atoms with van der Waals surface area (Å²) in [7, 11) is 0. The van der Waals surface area contributed by atoms with Gasteiger partial charge >= 0.3 is 0 Å². The van der Waals surface area contributed by atoms with E-state index in [-0.39, 0.29) is 6.10 Å². The molecular weight excluding hydrogens is 188 g/mol. The number of hydrogen-bond acceptors (Lipinski definition) is 3. The van der Waals surface area contributed by atoms with Crippen molar-refractivity contribution in [1.82, 2.24) is 4.98 Å². The number of nitrogens with zero attached hydrogens (tertiary/aromatic N) is 1. The molecule has 2 atom stereocenters. The molecule has 0 aromatic carbocycles. The lowest BCUT2D eigenvalue weighted by Crippen LogP contribution is -2.22. The summed E-state index contributed by atoms with van der Waals surface area (Å²) >= 11 is 0. The molecule has 1 fully saturated rings. The fourth-order valence-corrected chi connectivity index (χ4v) is 2.12. The van der Waals surface area contributed by atoms with E-state index in [1.54, 1.807) is 0 Å². The Hall–Kier alpha value is -1.09. The fraction of sp³-hybridized carbons (Fsp3) is 0.583. The molecule has 1 aromatic rings. The van der Waals surface area contributed by atoms with E-state index >= 15 is 0 Å². The second-order valence-corrected chi connectivity index (χ2v) is 4.36. The highest BCUT2D eigenvalue weighted by Crippen LogP contribution is 2.25. The van der Waals surface area contributed by atoms with Crippen molar-refractivity contribution in [2.24, 2.45) is 5.92 Å². The van der Waals surface area contributed by atoms with Crippen LogP contribution in [0.15, 0.2) is 18.3 Å². The molecule has 0 aliphatic heterocycles. The molecule has 1 heterocycles. The average molecular weight is 206 g/mol. The number of nitrogens with one attached hydrogen (secondary N) is 1. The number of hydrogen-bond donors (Lipinski definition) is 2. The lowest BCUT2D eigenvalue weighted by atomic mass is 10.1. The third-order valence-corrected chi connectivity index (χ3v) is 3.08. The molecule has 2 rings (SSSR count). The molecule has 82 valence electrons. The van der Waals surface area contributed by atoms with Crippen LogP contribution in [0.4, 0.5) is 5.82 Å². The van der Waals surface area contributed by atoms with E-state index in [2.05, 4.69) is 17.2 Å². The van der Waals surface area contributed by atoms with Crippen molar-refractivity contribution in [2.75, 3.05) is 11.9 Å². The first-order valence-electron chi connectivity index (χ1n) is 5.60. The van der Waals surface area contributed by atoms with Gasteiger partial charge in [-0.2, -0.15) is 0 Å². The van der Waals surface area contributed by atoms with Crippen molar-refractivity contribution < 1.29 is 5.11 Å². The SMILES string of the molecule is Cc1ccnc(NCC2CCCC2O)c1. The molecule has 0 bridgehead atoms. The predicted molar refractivity (Wildman–Crippen MR) is 60.8 cm³/mol. The molecule has 0 amide bonds. The van der Waals surface area contributed by atoms with Crippen molar-refractivity contribution in [3.05, 3.63) is 23.9 Å². The molecule has 1 aromatic heterocycles. The van der Waals surface area contributed by atoms with Gasteiger partial charge in [0.25, 0.3) is 0 Å². The van der Waals surface area contributed by atoms with Crippen LogP contribution < -0.4 is 5.32 Å². The van der Waals surface area contributed by atoms with Crippen molar-refractivity contribution in [2.45, 2.75) is 32.3 Å². The summed E-state index contributed by atoms with van der Waals surface area (Å²) in [6.07, 6.45) is 4.91. The minimum Gasteiger partial charge on any atom is -0.393 e. The molecule has 0 spiro atoms. The van der Waals surface area contributed by atoms with Crippen LogP contribution in [0.5, 0.6) is 0 Å². The first kappa shape index (κ1) is 10.4. The number of anilines is 1. The largest absolute Gasteiger partial charge is 0.393 e. The molecule has 1 aliphatic rings. The Kier molecular flexibility index (Phi) is 3.21. The second kappa shape index (κ2) is 4.62. The summed E-state index contributed by atoms with van der Waals surface area (Å²) in [5, 5.41) is 12.9. The molecule has 1 saturated carbocycles. The van der Waals surface area contributed by atoms with Gasteiger partial charge in [0.15, 0.2) is 0 Å². The van der Waals surface area contributed by atoms with Crippen molar-refractivity contribution in [1.29, 1.82) is 0 Å². The summed E-state index contributed by atoms with van der Waals surface area (Å²) in [6.45, 7) is 2.88. The molecule has 0 saturated heterocycles. The van der Waals surface area contributed by atoms with Gasteiger partial charge in [0.1, 0.15) is 5.82 Å². The van der Waals surface area contributed by atoms with Crippen LogP contribution in [0.1, 0.15) is 24.8 Å². The van der Waals surface area contributed by atoms with E-state index < -0.39 is 0 Å². The Morgan fingerprint density at radius 1 is 1.53 bits per heavy atom. The zero-order valence-corrected chi connectivity index (χ0v) is 9.11. The molecule has 3 nitrogen and oxygen atoms in total. The molecule has 2 N–H and O–H groups in total. The van der Waals surface area contributed by atoms with E-state index in [4.69, 9.17) is 0 Å². The minimum absolute atomic E-state index is 0.123. The fourth-order valence-electron chi connectivity index (χ4n) is 2.12. The first-order chi connectivity index (χ1) is 7.25. The number of pyridine rings is 1. The summed E-state index contributed by atoms with van der Waals surface area (Å²) in [5.41, 5.74) is 1.21. The topological polar surface area (TPSA) is 45.2 Å². The zero-order chi connectivity index (χ0) is 10.7. The quantitative estimate of drug-likeness (QED) is 0.794. The Morgan fingerprint density at radius 2 is 2.40 bits per heavy atom. The van der Waals surface area contributed by atoms with Gasteiger partial charge < -0.3 is 10.4 Å². The zero-order valence-electron chi connectivity index (χ0n) is 9.11. The maximum absolute atomic E-state index is 9.66. The van der Waals surface area contributed by atoms with Gasteiger partial charge in [0.2, 0.25) is 0 Å². The Labute approximate surface area is 90.5 Å². The highest BCUT2D eigenvalue weighted by Gasteiger charge is 2.24. The molecule has 2 unspecified atom stereocenters. The van der Waals surface area contributed by atoms with Crippen LogP contribution in [0.3, 0.4) is 0 Å². The first-order valence-corrected chi connectivity index (χ1v) is 5.60. The number of aromatic nitrogens is 1. The normalized spacial score (nSPS) is 25.5. The monoisotopic (exact) mass is 206 g/mol. The molecule has 3 heteroatoms. The summed E-state index contributed by atoms with van der Waals surface area (Å²) in [5.74, 6) is 1.31. The van der Waals surface area contributed by atoms with Gasteiger partial charge in [-0.25, -0.2) is 4.98 Å². The summed E-state index contributed by atoms with van der Waals surface area (Å²) in [4.78, 5) is 4.23. The van der Waals surface area contributed by atoms with Crippen molar-refractivity contribution >= 4 is 5.82 Å². The lowest BCUT2D eigenvalue weighted by Gasteiger charge is -2.15. The molecule has 15 heavy (non-hydrogen) atoms. The third kappa shape index (κ3) is 2.69. The number of aryl methyl sites for hydroxylation is 1. The average Bonchev–Trinajstić information content (AvgIpc) is 2.61. The van der Waals surface area contributed by atoms with Crippen molar-refractivity contribution in [3.8, 4) is 0 Å². The maximum atomic E-state index is 9.66. The minimum atomic E-state index is -0.123. The van der Waals surface area contributed by atoms with Crippen molar-refractivity contribution in [3.63, 3.8) is 0 Å². The Balaban J connectivity index is 1.87. The Bertz CT molecular complexity index is 327. The smallest absolute Gasteiger partial charge is 0.126 e. The molecule has 0 radical (unpaired) electrons. The van der Waals surface area contributed by atoms with Gasteiger partial charge in [-0.3, -0.25) is 0 Å². The summed E-state index contributed by atoms with van der Waals surface area (Å²) in [6, 6.07) is 4.01. The third-order valence-electron chi connectivity index (χ3n) is 3.08. The van der Waals surface area contributed by atoms with Crippen LogP contribution >= 0.6 is 0 Å². The van der Waals surface area contributed by atoms with E-state index in [1.807, 2.05) is 18.3 Å². The van der Waals surface area contributed by atoms with Gasteiger partial charge in [0, 0.05) is 18.7 Å². The summed E-state index contributed by atoms with van der Waals surface area (Å²) < 4.78 is 0. The highest BCUT2D eigenvalue weighted by molar-refractivity contribution is 5.36. The van der Waals surface area contributed by atoms with Crippen LogP contribution in [0, 0.1) is 12.8 Å². The van der Waals surface area contributed by atoms with Gasteiger partial charge in [0.05, 0.1) is 6.10 Å². The van der Waals surface area contributed by atoms with Crippen LogP contribution in [0.25, 0.3) is 0 Å². The maximum Gasteiger partial charge on any atom is 0.126 e. The highest BCUT2D eigenvalue weighted by atomic mass is 16.3. The Morgan fingerprint density at radius 3 is 3.07 bits per heavy atom. The van der Waals surface area contributed by atoms with E-state index in [9.17, 15) is 5.11 Å². The lowest BCUT2D eigenvalue weighted by molar-refractivity contribution is 0.138. The van der Waals surface area contributed by atoms with Crippen LogP contribution in [0.2, 0.25) is 0 Å². The van der Waals surface area contributed by atoms with E-state index in [0.717, 1.165) is 31.6 Å². The van der Waals surface area contributed by atoms with Gasteiger partial charge in [-0.15, -0.1) is 0 Å². The van der Waals surface area contributed by atoms with Gasteiger partial charge in [-0.1, -0.05) is 6.42 Å². The van der Waals surface area contributed by atoms with Crippen LogP contribution in [-0.4, -0.2) is 22.7 Å². The molecular formula is C12H18N2O. The number of rotatable bonds is 3. The molecule has 1 aliphatic carbocycles. The van der Waals surface area contributed by atoms with E-state index in [0.29, 0.717) is 5.92 Å².